The number of alkyl halides is 5. The average molecular weight is 449 g/mol. The molecule has 0 bridgehead atoms. The van der Waals surface area contributed by atoms with E-state index in [1.165, 1.54) is 19.2 Å². The number of ether oxygens (including phenoxy) is 2. The van der Waals surface area contributed by atoms with E-state index < -0.39 is 25.2 Å². The number of aliphatic imine (C=N–C) groups is 1. The summed E-state index contributed by atoms with van der Waals surface area (Å²) in [5.41, 5.74) is 1.31. The smallest absolute Gasteiger partial charge is 0.411 e. The van der Waals surface area contributed by atoms with Gasteiger partial charge in [0.25, 0.3) is 0 Å². The molecule has 31 heavy (non-hydrogen) atoms. The topological polar surface area (TPSA) is 54.9 Å². The van der Waals surface area contributed by atoms with Crippen LogP contribution in [0.5, 0.6) is 5.75 Å². The quantitative estimate of drug-likeness (QED) is 0.339. The van der Waals surface area contributed by atoms with Gasteiger partial charge in [0.2, 0.25) is 0 Å². The number of benzene rings is 2. The van der Waals surface area contributed by atoms with Crippen molar-refractivity contribution in [1.29, 1.82) is 0 Å². The lowest BCUT2D eigenvalue weighted by Gasteiger charge is -2.15. The molecule has 2 aromatic rings. The first-order valence-electron chi connectivity index (χ1n) is 9.07. The third-order valence-corrected chi connectivity index (χ3v) is 3.97. The number of halogens is 6. The highest BCUT2D eigenvalue weighted by molar-refractivity contribution is 5.79. The van der Waals surface area contributed by atoms with Crippen molar-refractivity contribution in [1.82, 2.24) is 10.6 Å². The highest BCUT2D eigenvalue weighted by Crippen LogP contribution is 2.23. The fourth-order valence-electron chi connectivity index (χ4n) is 2.53. The molecule has 0 radical (unpaired) electrons. The Balaban J connectivity index is 1.87. The van der Waals surface area contributed by atoms with Crippen LogP contribution in [0.4, 0.5) is 26.3 Å². The van der Waals surface area contributed by atoms with Crippen LogP contribution in [-0.4, -0.2) is 32.4 Å². The summed E-state index contributed by atoms with van der Waals surface area (Å²) in [5, 5.41) is 5.78. The number of guanidine groups is 1. The summed E-state index contributed by atoms with van der Waals surface area (Å²) in [6, 6.07) is 10.3. The largest absolute Gasteiger partial charge is 0.434 e. The molecule has 0 unspecified atom stereocenters. The molecule has 0 saturated carbocycles. The van der Waals surface area contributed by atoms with Crippen LogP contribution in [-0.2, 0) is 24.4 Å². The van der Waals surface area contributed by atoms with Gasteiger partial charge in [0.05, 0.1) is 6.61 Å². The fraction of sp³-hybridized carbons (Fsp3) is 0.350. The molecule has 0 amide bonds. The first kappa shape index (κ1) is 24.3. The summed E-state index contributed by atoms with van der Waals surface area (Å²) in [7, 11) is 1.48. The highest BCUT2D eigenvalue weighted by Gasteiger charge is 2.27. The number of nitrogens with one attached hydrogen (secondary N) is 2. The van der Waals surface area contributed by atoms with Crippen molar-refractivity contribution in [2.75, 3.05) is 13.7 Å². The number of hydrogen-bond acceptors (Lipinski definition) is 3. The van der Waals surface area contributed by atoms with Gasteiger partial charge in [-0.05, 0) is 23.3 Å². The maximum absolute atomic E-state index is 14.0. The lowest BCUT2D eigenvalue weighted by atomic mass is 10.1. The number of rotatable bonds is 9. The SMILES string of the molecule is CN=C(NCc1ccc(COCC(F)(F)F)cc1)NCc1c(F)cccc1OC(F)F. The van der Waals surface area contributed by atoms with E-state index in [0.29, 0.717) is 12.1 Å². The van der Waals surface area contributed by atoms with Gasteiger partial charge in [-0.3, -0.25) is 4.99 Å². The second-order valence-corrected chi connectivity index (χ2v) is 6.30. The van der Waals surface area contributed by atoms with Crippen LogP contribution in [0.3, 0.4) is 0 Å². The van der Waals surface area contributed by atoms with E-state index in [1.807, 2.05) is 0 Å². The van der Waals surface area contributed by atoms with Gasteiger partial charge in [0, 0.05) is 25.7 Å². The molecule has 0 aliphatic rings. The van der Waals surface area contributed by atoms with Crippen LogP contribution in [0.1, 0.15) is 16.7 Å². The Bertz CT molecular complexity index is 857. The Hall–Kier alpha value is -2.95. The van der Waals surface area contributed by atoms with Crippen molar-refractivity contribution >= 4 is 5.96 Å². The van der Waals surface area contributed by atoms with Crippen LogP contribution in [0.15, 0.2) is 47.5 Å². The number of hydrogen-bond donors (Lipinski definition) is 2. The Morgan fingerprint density at radius 1 is 1.00 bits per heavy atom. The number of nitrogens with zero attached hydrogens (tertiary/aromatic N) is 1. The molecule has 2 aromatic carbocycles. The summed E-state index contributed by atoms with van der Waals surface area (Å²) in [6.07, 6.45) is -4.37. The van der Waals surface area contributed by atoms with Gasteiger partial charge < -0.3 is 20.1 Å². The van der Waals surface area contributed by atoms with Gasteiger partial charge >= 0.3 is 12.8 Å². The van der Waals surface area contributed by atoms with E-state index in [2.05, 4.69) is 25.1 Å². The maximum atomic E-state index is 14.0. The lowest BCUT2D eigenvalue weighted by molar-refractivity contribution is -0.176. The van der Waals surface area contributed by atoms with Crippen molar-refractivity contribution in [2.24, 2.45) is 4.99 Å². The minimum absolute atomic E-state index is 0.0750. The van der Waals surface area contributed by atoms with E-state index in [9.17, 15) is 26.3 Å². The van der Waals surface area contributed by atoms with Gasteiger partial charge in [-0.1, -0.05) is 30.3 Å². The monoisotopic (exact) mass is 449 g/mol. The van der Waals surface area contributed by atoms with Gasteiger partial charge in [-0.25, -0.2) is 4.39 Å². The fourth-order valence-corrected chi connectivity index (χ4v) is 2.53. The zero-order valence-electron chi connectivity index (χ0n) is 16.5. The molecular formula is C20H21F6N3O2. The molecule has 0 atom stereocenters. The Morgan fingerprint density at radius 3 is 2.26 bits per heavy atom. The van der Waals surface area contributed by atoms with Gasteiger partial charge in [-0.2, -0.15) is 22.0 Å². The summed E-state index contributed by atoms with van der Waals surface area (Å²) < 4.78 is 84.2. The summed E-state index contributed by atoms with van der Waals surface area (Å²) >= 11 is 0. The minimum Gasteiger partial charge on any atom is -0.434 e. The van der Waals surface area contributed by atoms with Crippen LogP contribution in [0.2, 0.25) is 0 Å². The normalized spacial score (nSPS) is 12.2. The molecule has 0 aliphatic carbocycles. The van der Waals surface area contributed by atoms with Crippen LogP contribution < -0.4 is 15.4 Å². The Kier molecular flexibility index (Phi) is 8.98. The Morgan fingerprint density at radius 2 is 1.65 bits per heavy atom. The van der Waals surface area contributed by atoms with E-state index in [-0.39, 0.29) is 30.4 Å². The van der Waals surface area contributed by atoms with Crippen molar-refractivity contribution in [3.63, 3.8) is 0 Å². The predicted molar refractivity (Wildman–Crippen MR) is 102 cm³/mol. The average Bonchev–Trinajstić information content (AvgIpc) is 2.69. The molecule has 11 heteroatoms. The minimum atomic E-state index is -4.37. The van der Waals surface area contributed by atoms with Gasteiger partial charge in [-0.15, -0.1) is 0 Å². The molecule has 0 aliphatic heterocycles. The van der Waals surface area contributed by atoms with E-state index >= 15 is 0 Å². The summed E-state index contributed by atoms with van der Waals surface area (Å²) in [5.74, 6) is -0.699. The molecule has 0 saturated heterocycles. The molecule has 0 fully saturated rings. The molecule has 0 heterocycles. The van der Waals surface area contributed by atoms with E-state index in [0.717, 1.165) is 11.6 Å². The maximum Gasteiger partial charge on any atom is 0.411 e. The third-order valence-electron chi connectivity index (χ3n) is 3.97. The summed E-state index contributed by atoms with van der Waals surface area (Å²) in [6.45, 7) is -4.41. The first-order chi connectivity index (χ1) is 14.7. The van der Waals surface area contributed by atoms with Gasteiger partial charge in [0.1, 0.15) is 18.2 Å². The molecule has 0 spiro atoms. The molecule has 2 rings (SSSR count). The molecule has 5 nitrogen and oxygen atoms in total. The standard InChI is InChI=1S/C20H21F6N3O2/c1-27-19(29-10-15-16(21)3-2-4-17(15)31-18(22)23)28-9-13-5-7-14(8-6-13)11-30-12-20(24,25)26/h2-8,18H,9-12H2,1H3,(H2,27,28,29). The zero-order valence-corrected chi connectivity index (χ0v) is 16.5. The van der Waals surface area contributed by atoms with Crippen molar-refractivity contribution in [3.05, 3.63) is 65.0 Å². The van der Waals surface area contributed by atoms with Crippen LogP contribution in [0.25, 0.3) is 0 Å². The molecule has 0 aromatic heterocycles. The Labute approximate surface area is 175 Å². The first-order valence-corrected chi connectivity index (χ1v) is 9.07. The van der Waals surface area contributed by atoms with Gasteiger partial charge in [0.15, 0.2) is 5.96 Å². The molecule has 170 valence electrons. The molecule has 2 N–H and O–H groups in total. The van der Waals surface area contributed by atoms with Crippen LogP contribution >= 0.6 is 0 Å². The zero-order chi connectivity index (χ0) is 22.9. The van der Waals surface area contributed by atoms with Crippen molar-refractivity contribution < 1.29 is 35.8 Å². The lowest BCUT2D eigenvalue weighted by Crippen LogP contribution is -2.36. The van der Waals surface area contributed by atoms with Crippen LogP contribution in [0, 0.1) is 5.82 Å². The van der Waals surface area contributed by atoms with E-state index in [4.69, 9.17) is 0 Å². The highest BCUT2D eigenvalue weighted by atomic mass is 19.4. The predicted octanol–water partition coefficient (Wildman–Crippen LogP) is 4.37. The third kappa shape index (κ3) is 8.75. The van der Waals surface area contributed by atoms with E-state index in [1.54, 1.807) is 24.3 Å². The summed E-state index contributed by atoms with van der Waals surface area (Å²) in [4.78, 5) is 3.98. The molecular weight excluding hydrogens is 428 g/mol. The van der Waals surface area contributed by atoms with Crippen molar-refractivity contribution in [2.45, 2.75) is 32.5 Å². The van der Waals surface area contributed by atoms with Crippen molar-refractivity contribution in [3.8, 4) is 5.75 Å². The second kappa shape index (κ2) is 11.4. The second-order valence-electron chi connectivity index (χ2n) is 6.30.